The summed E-state index contributed by atoms with van der Waals surface area (Å²) in [6.45, 7) is 3.86. The van der Waals surface area contributed by atoms with E-state index in [2.05, 4.69) is 0 Å². The Labute approximate surface area is 124 Å². The third-order valence-corrected chi connectivity index (χ3v) is 3.42. The van der Waals surface area contributed by atoms with Gasteiger partial charge in [-0.3, -0.25) is 0 Å². The molecule has 0 aliphatic rings. The summed E-state index contributed by atoms with van der Waals surface area (Å²) < 4.78 is 5.21. The van der Waals surface area contributed by atoms with Crippen molar-refractivity contribution in [1.29, 1.82) is 0 Å². The number of hydrogen-bond acceptors (Lipinski definition) is 2. The summed E-state index contributed by atoms with van der Waals surface area (Å²) in [5.41, 5.74) is 3.80. The summed E-state index contributed by atoms with van der Waals surface area (Å²) in [6, 6.07) is 13.1. The van der Waals surface area contributed by atoms with Gasteiger partial charge >= 0.3 is 5.97 Å². The van der Waals surface area contributed by atoms with Crippen molar-refractivity contribution in [2.75, 3.05) is 7.11 Å². The van der Waals surface area contributed by atoms with Gasteiger partial charge in [0, 0.05) is 0 Å². The number of ether oxygens (including phenoxy) is 1. The zero-order valence-corrected chi connectivity index (χ0v) is 12.4. The van der Waals surface area contributed by atoms with Gasteiger partial charge in [-0.05, 0) is 54.3 Å². The molecule has 3 nitrogen and oxygen atoms in total. The Morgan fingerprint density at radius 1 is 1.10 bits per heavy atom. The van der Waals surface area contributed by atoms with E-state index in [-0.39, 0.29) is 5.57 Å². The van der Waals surface area contributed by atoms with Gasteiger partial charge in [-0.25, -0.2) is 4.79 Å². The van der Waals surface area contributed by atoms with Gasteiger partial charge in [-0.2, -0.15) is 0 Å². The monoisotopic (exact) mass is 282 g/mol. The Morgan fingerprint density at radius 2 is 1.81 bits per heavy atom. The van der Waals surface area contributed by atoms with E-state index in [0.717, 1.165) is 22.4 Å². The van der Waals surface area contributed by atoms with E-state index in [9.17, 15) is 9.90 Å². The van der Waals surface area contributed by atoms with Crippen LogP contribution in [-0.4, -0.2) is 18.2 Å². The lowest BCUT2D eigenvalue weighted by molar-refractivity contribution is -0.130. The van der Waals surface area contributed by atoms with Crippen LogP contribution in [0, 0.1) is 13.8 Å². The van der Waals surface area contributed by atoms with Crippen LogP contribution in [0.25, 0.3) is 11.6 Å². The van der Waals surface area contributed by atoms with E-state index in [4.69, 9.17) is 4.74 Å². The van der Waals surface area contributed by atoms with E-state index in [1.807, 2.05) is 44.2 Å². The third-order valence-electron chi connectivity index (χ3n) is 3.42. The highest BCUT2D eigenvalue weighted by Crippen LogP contribution is 2.25. The Balaban J connectivity index is 2.52. The van der Waals surface area contributed by atoms with Crippen molar-refractivity contribution in [3.8, 4) is 5.75 Å². The van der Waals surface area contributed by atoms with Gasteiger partial charge in [0.25, 0.3) is 0 Å². The number of methoxy groups -OCH3 is 1. The minimum absolute atomic E-state index is 0.273. The van der Waals surface area contributed by atoms with Gasteiger partial charge < -0.3 is 9.84 Å². The molecule has 2 aromatic carbocycles. The predicted octanol–water partition coefficient (Wildman–Crippen LogP) is 3.94. The van der Waals surface area contributed by atoms with Crippen LogP contribution < -0.4 is 4.74 Å². The van der Waals surface area contributed by atoms with Crippen molar-refractivity contribution in [1.82, 2.24) is 0 Å². The fourth-order valence-electron chi connectivity index (χ4n) is 2.22. The number of rotatable bonds is 4. The number of benzene rings is 2. The van der Waals surface area contributed by atoms with Crippen LogP contribution in [0.1, 0.15) is 22.3 Å². The molecule has 0 saturated carbocycles. The highest BCUT2D eigenvalue weighted by Gasteiger charge is 2.12. The molecular formula is C18H18O3. The lowest BCUT2D eigenvalue weighted by Crippen LogP contribution is -2.01. The fraction of sp³-hybridized carbons (Fsp3) is 0.167. The van der Waals surface area contributed by atoms with Gasteiger partial charge in [-0.15, -0.1) is 0 Å². The Morgan fingerprint density at radius 3 is 2.38 bits per heavy atom. The summed E-state index contributed by atoms with van der Waals surface area (Å²) in [5, 5.41) is 9.50. The lowest BCUT2D eigenvalue weighted by atomic mass is 9.99. The van der Waals surface area contributed by atoms with E-state index in [1.54, 1.807) is 25.3 Å². The highest BCUT2D eigenvalue weighted by molar-refractivity contribution is 6.20. The second-order valence-electron chi connectivity index (χ2n) is 4.90. The first-order chi connectivity index (χ1) is 10.0. The van der Waals surface area contributed by atoms with Crippen LogP contribution >= 0.6 is 0 Å². The molecule has 0 amide bonds. The fourth-order valence-corrected chi connectivity index (χ4v) is 2.22. The first-order valence-electron chi connectivity index (χ1n) is 6.68. The molecule has 21 heavy (non-hydrogen) atoms. The average molecular weight is 282 g/mol. The normalized spacial score (nSPS) is 11.3. The minimum atomic E-state index is -0.942. The lowest BCUT2D eigenvalue weighted by Gasteiger charge is -2.09. The zero-order chi connectivity index (χ0) is 15.4. The van der Waals surface area contributed by atoms with Gasteiger partial charge in [0.15, 0.2) is 0 Å². The van der Waals surface area contributed by atoms with Crippen molar-refractivity contribution >= 4 is 17.6 Å². The SMILES string of the molecule is COc1ccc(/C(=C/c2ccccc2C)C(=O)O)cc1C. The molecule has 0 aliphatic carbocycles. The van der Waals surface area contributed by atoms with Gasteiger partial charge in [-0.1, -0.05) is 30.3 Å². The van der Waals surface area contributed by atoms with Gasteiger partial charge in [0.1, 0.15) is 5.75 Å². The predicted molar refractivity (Wildman–Crippen MR) is 84.4 cm³/mol. The molecule has 3 heteroatoms. The molecular weight excluding hydrogens is 264 g/mol. The Hall–Kier alpha value is -2.55. The average Bonchev–Trinajstić information content (AvgIpc) is 2.46. The second kappa shape index (κ2) is 6.27. The van der Waals surface area contributed by atoms with E-state index in [1.165, 1.54) is 0 Å². The molecule has 0 unspecified atom stereocenters. The van der Waals surface area contributed by atoms with Gasteiger partial charge in [0.2, 0.25) is 0 Å². The molecule has 2 aromatic rings. The van der Waals surface area contributed by atoms with E-state index >= 15 is 0 Å². The van der Waals surface area contributed by atoms with Crippen LogP contribution in [0.4, 0.5) is 0 Å². The van der Waals surface area contributed by atoms with Crippen molar-refractivity contribution < 1.29 is 14.6 Å². The molecule has 0 fully saturated rings. The number of carboxylic acids is 1. The number of carbonyl (C=O) groups is 1. The molecule has 0 radical (unpaired) electrons. The summed E-state index contributed by atoms with van der Waals surface area (Å²) in [6.07, 6.45) is 1.71. The molecule has 0 bridgehead atoms. The summed E-state index contributed by atoms with van der Waals surface area (Å²) in [5.74, 6) is -0.192. The second-order valence-corrected chi connectivity index (χ2v) is 4.90. The molecule has 108 valence electrons. The maximum atomic E-state index is 11.6. The minimum Gasteiger partial charge on any atom is -0.496 e. The molecule has 0 aliphatic heterocycles. The first-order valence-corrected chi connectivity index (χ1v) is 6.68. The van der Waals surface area contributed by atoms with E-state index in [0.29, 0.717) is 5.56 Å². The molecule has 0 aromatic heterocycles. The topological polar surface area (TPSA) is 46.5 Å². The standard InChI is InChI=1S/C18H18O3/c1-12-6-4-5-7-14(12)11-16(18(19)20)15-8-9-17(21-3)13(2)10-15/h4-11H,1-3H3,(H,19,20)/b16-11-. The van der Waals surface area contributed by atoms with Crippen molar-refractivity contribution in [2.45, 2.75) is 13.8 Å². The Bertz CT molecular complexity index is 699. The number of aryl methyl sites for hydroxylation is 2. The molecule has 2 rings (SSSR count). The van der Waals surface area contributed by atoms with Crippen molar-refractivity contribution in [3.63, 3.8) is 0 Å². The van der Waals surface area contributed by atoms with Crippen molar-refractivity contribution in [2.24, 2.45) is 0 Å². The maximum Gasteiger partial charge on any atom is 0.336 e. The highest BCUT2D eigenvalue weighted by atomic mass is 16.5. The van der Waals surface area contributed by atoms with Crippen LogP contribution in [0.2, 0.25) is 0 Å². The molecule has 1 N–H and O–H groups in total. The maximum absolute atomic E-state index is 11.6. The first kappa shape index (κ1) is 14.9. The van der Waals surface area contributed by atoms with Gasteiger partial charge in [0.05, 0.1) is 12.7 Å². The quantitative estimate of drug-likeness (QED) is 0.682. The van der Waals surface area contributed by atoms with Crippen LogP contribution in [-0.2, 0) is 4.79 Å². The molecule has 0 atom stereocenters. The molecule has 0 saturated heterocycles. The Kier molecular flexibility index (Phi) is 4.43. The van der Waals surface area contributed by atoms with Crippen LogP contribution in [0.5, 0.6) is 5.75 Å². The summed E-state index contributed by atoms with van der Waals surface area (Å²) in [7, 11) is 1.60. The van der Waals surface area contributed by atoms with Crippen LogP contribution in [0.3, 0.4) is 0 Å². The smallest absolute Gasteiger partial charge is 0.336 e. The van der Waals surface area contributed by atoms with E-state index < -0.39 is 5.97 Å². The molecule has 0 heterocycles. The largest absolute Gasteiger partial charge is 0.496 e. The summed E-state index contributed by atoms with van der Waals surface area (Å²) >= 11 is 0. The number of hydrogen-bond donors (Lipinski definition) is 1. The third kappa shape index (κ3) is 3.31. The van der Waals surface area contributed by atoms with Crippen LogP contribution in [0.15, 0.2) is 42.5 Å². The number of aliphatic carboxylic acids is 1. The summed E-state index contributed by atoms with van der Waals surface area (Å²) in [4.78, 5) is 11.6. The number of carboxylic acid groups (broad SMARTS) is 1. The molecule has 0 spiro atoms. The van der Waals surface area contributed by atoms with Crippen molar-refractivity contribution in [3.05, 3.63) is 64.7 Å². The zero-order valence-electron chi connectivity index (χ0n) is 12.4.